The summed E-state index contributed by atoms with van der Waals surface area (Å²) in [5, 5.41) is 0. The SMILES string of the molecule is CCC[C@H](N)C(=O)N(C)Cc1ccco1. The van der Waals surface area contributed by atoms with Crippen LogP contribution in [-0.2, 0) is 11.3 Å². The van der Waals surface area contributed by atoms with E-state index in [2.05, 4.69) is 0 Å². The fraction of sp³-hybridized carbons (Fsp3) is 0.545. The molecule has 0 bridgehead atoms. The molecule has 1 aromatic heterocycles. The highest BCUT2D eigenvalue weighted by Gasteiger charge is 2.17. The molecule has 15 heavy (non-hydrogen) atoms. The van der Waals surface area contributed by atoms with Crippen LogP contribution in [0.3, 0.4) is 0 Å². The van der Waals surface area contributed by atoms with Gasteiger partial charge in [-0.25, -0.2) is 0 Å². The van der Waals surface area contributed by atoms with Crippen LogP contribution in [0.5, 0.6) is 0 Å². The second-order valence-electron chi connectivity index (χ2n) is 3.67. The number of nitrogens with zero attached hydrogens (tertiary/aromatic N) is 1. The van der Waals surface area contributed by atoms with Crippen LogP contribution in [0, 0.1) is 0 Å². The number of carbonyl (C=O) groups excluding carboxylic acids is 1. The molecule has 1 amide bonds. The monoisotopic (exact) mass is 210 g/mol. The van der Waals surface area contributed by atoms with Crippen molar-refractivity contribution in [2.45, 2.75) is 32.4 Å². The van der Waals surface area contributed by atoms with E-state index in [1.54, 1.807) is 24.3 Å². The van der Waals surface area contributed by atoms with Gasteiger partial charge < -0.3 is 15.1 Å². The Morgan fingerprint density at radius 1 is 1.67 bits per heavy atom. The van der Waals surface area contributed by atoms with Crippen LogP contribution in [-0.4, -0.2) is 23.9 Å². The Morgan fingerprint density at radius 2 is 2.40 bits per heavy atom. The standard InChI is InChI=1S/C11H18N2O2/c1-3-5-10(12)11(14)13(2)8-9-6-4-7-15-9/h4,6-7,10H,3,5,8,12H2,1-2H3/t10-/m0/s1. The summed E-state index contributed by atoms with van der Waals surface area (Å²) in [5.41, 5.74) is 5.74. The van der Waals surface area contributed by atoms with Crippen LogP contribution in [0.15, 0.2) is 22.8 Å². The third-order valence-electron chi connectivity index (χ3n) is 2.27. The number of carbonyl (C=O) groups is 1. The first-order chi connectivity index (χ1) is 7.15. The Balaban J connectivity index is 2.46. The summed E-state index contributed by atoms with van der Waals surface area (Å²) in [5.74, 6) is 0.739. The third kappa shape index (κ3) is 3.40. The highest BCUT2D eigenvalue weighted by Crippen LogP contribution is 2.06. The largest absolute Gasteiger partial charge is 0.467 e. The molecule has 0 aromatic carbocycles. The Morgan fingerprint density at radius 3 is 2.93 bits per heavy atom. The maximum absolute atomic E-state index is 11.7. The molecule has 0 saturated heterocycles. The highest BCUT2D eigenvalue weighted by molar-refractivity contribution is 5.81. The molecule has 0 aliphatic heterocycles. The molecule has 1 heterocycles. The van der Waals surface area contributed by atoms with Gasteiger partial charge in [-0.05, 0) is 18.6 Å². The van der Waals surface area contributed by atoms with E-state index in [1.807, 2.05) is 13.0 Å². The van der Waals surface area contributed by atoms with Gasteiger partial charge in [-0.15, -0.1) is 0 Å². The zero-order valence-electron chi connectivity index (χ0n) is 9.27. The highest BCUT2D eigenvalue weighted by atomic mass is 16.3. The van der Waals surface area contributed by atoms with Crippen molar-refractivity contribution < 1.29 is 9.21 Å². The quantitative estimate of drug-likeness (QED) is 0.798. The smallest absolute Gasteiger partial charge is 0.239 e. The zero-order valence-corrected chi connectivity index (χ0v) is 9.27. The van der Waals surface area contributed by atoms with Crippen molar-refractivity contribution in [2.24, 2.45) is 5.73 Å². The Bertz CT molecular complexity index is 296. The molecule has 0 fully saturated rings. The molecular weight excluding hydrogens is 192 g/mol. The van der Waals surface area contributed by atoms with Gasteiger partial charge in [-0.2, -0.15) is 0 Å². The van der Waals surface area contributed by atoms with Gasteiger partial charge in [0.1, 0.15) is 5.76 Å². The molecule has 0 unspecified atom stereocenters. The molecule has 2 N–H and O–H groups in total. The summed E-state index contributed by atoms with van der Waals surface area (Å²) in [6, 6.07) is 3.25. The molecule has 1 aromatic rings. The van der Waals surface area contributed by atoms with E-state index < -0.39 is 6.04 Å². The molecule has 4 heteroatoms. The molecule has 0 aliphatic carbocycles. The normalized spacial score (nSPS) is 12.5. The van der Waals surface area contributed by atoms with E-state index in [1.165, 1.54) is 0 Å². The van der Waals surface area contributed by atoms with Gasteiger partial charge in [0.05, 0.1) is 18.8 Å². The van der Waals surface area contributed by atoms with Gasteiger partial charge in [-0.3, -0.25) is 4.79 Å². The number of likely N-dealkylation sites (N-methyl/N-ethyl adjacent to an activating group) is 1. The molecule has 1 atom stereocenters. The van der Waals surface area contributed by atoms with E-state index in [-0.39, 0.29) is 5.91 Å². The minimum Gasteiger partial charge on any atom is -0.467 e. The van der Waals surface area contributed by atoms with Crippen LogP contribution >= 0.6 is 0 Å². The van der Waals surface area contributed by atoms with Gasteiger partial charge in [0.15, 0.2) is 0 Å². The first-order valence-corrected chi connectivity index (χ1v) is 5.18. The molecule has 0 saturated carbocycles. The lowest BCUT2D eigenvalue weighted by Gasteiger charge is -2.19. The van der Waals surface area contributed by atoms with E-state index >= 15 is 0 Å². The minimum atomic E-state index is -0.394. The molecular formula is C11H18N2O2. The number of nitrogens with two attached hydrogens (primary N) is 1. The third-order valence-corrected chi connectivity index (χ3v) is 2.27. The fourth-order valence-electron chi connectivity index (χ4n) is 1.43. The number of furan rings is 1. The van der Waals surface area contributed by atoms with Crippen molar-refractivity contribution in [3.63, 3.8) is 0 Å². The van der Waals surface area contributed by atoms with Gasteiger partial charge in [0.25, 0.3) is 0 Å². The second kappa shape index (κ2) is 5.56. The second-order valence-corrected chi connectivity index (χ2v) is 3.67. The van der Waals surface area contributed by atoms with Crippen LogP contribution in [0.4, 0.5) is 0 Å². The van der Waals surface area contributed by atoms with E-state index in [0.717, 1.165) is 18.6 Å². The van der Waals surface area contributed by atoms with Crippen molar-refractivity contribution >= 4 is 5.91 Å². The van der Waals surface area contributed by atoms with Gasteiger partial charge in [-0.1, -0.05) is 13.3 Å². The molecule has 0 spiro atoms. The number of hydrogen-bond acceptors (Lipinski definition) is 3. The molecule has 0 radical (unpaired) electrons. The zero-order chi connectivity index (χ0) is 11.3. The van der Waals surface area contributed by atoms with Crippen LogP contribution in [0.25, 0.3) is 0 Å². The number of amides is 1. The first-order valence-electron chi connectivity index (χ1n) is 5.18. The summed E-state index contributed by atoms with van der Waals surface area (Å²) in [6.45, 7) is 2.49. The van der Waals surface area contributed by atoms with Crippen molar-refractivity contribution in [1.29, 1.82) is 0 Å². The predicted molar refractivity (Wildman–Crippen MR) is 58.1 cm³/mol. The minimum absolute atomic E-state index is 0.0340. The average molecular weight is 210 g/mol. The topological polar surface area (TPSA) is 59.5 Å². The molecule has 84 valence electrons. The molecule has 4 nitrogen and oxygen atoms in total. The summed E-state index contributed by atoms with van der Waals surface area (Å²) < 4.78 is 5.16. The lowest BCUT2D eigenvalue weighted by Crippen LogP contribution is -2.41. The average Bonchev–Trinajstić information content (AvgIpc) is 2.69. The Labute approximate surface area is 90.0 Å². The lowest BCUT2D eigenvalue weighted by molar-refractivity contribution is -0.132. The predicted octanol–water partition coefficient (Wildman–Crippen LogP) is 1.37. The fourth-order valence-corrected chi connectivity index (χ4v) is 1.43. The van der Waals surface area contributed by atoms with E-state index in [9.17, 15) is 4.79 Å². The van der Waals surface area contributed by atoms with Crippen LogP contribution in [0.1, 0.15) is 25.5 Å². The van der Waals surface area contributed by atoms with Crippen molar-refractivity contribution in [1.82, 2.24) is 4.90 Å². The number of rotatable bonds is 5. The molecule has 1 rings (SSSR count). The maximum Gasteiger partial charge on any atom is 0.239 e. The molecule has 0 aliphatic rings. The lowest BCUT2D eigenvalue weighted by atomic mass is 10.1. The summed E-state index contributed by atoms with van der Waals surface area (Å²) >= 11 is 0. The first kappa shape index (κ1) is 11.8. The Kier molecular flexibility index (Phi) is 4.37. The van der Waals surface area contributed by atoms with Crippen LogP contribution < -0.4 is 5.73 Å². The summed E-state index contributed by atoms with van der Waals surface area (Å²) in [4.78, 5) is 13.3. The van der Waals surface area contributed by atoms with Crippen molar-refractivity contribution in [3.8, 4) is 0 Å². The van der Waals surface area contributed by atoms with Crippen LogP contribution in [0.2, 0.25) is 0 Å². The van der Waals surface area contributed by atoms with Gasteiger partial charge in [0, 0.05) is 7.05 Å². The van der Waals surface area contributed by atoms with E-state index in [4.69, 9.17) is 10.2 Å². The Hall–Kier alpha value is -1.29. The van der Waals surface area contributed by atoms with Gasteiger partial charge >= 0.3 is 0 Å². The van der Waals surface area contributed by atoms with Crippen molar-refractivity contribution in [3.05, 3.63) is 24.2 Å². The van der Waals surface area contributed by atoms with Gasteiger partial charge in [0.2, 0.25) is 5.91 Å². The summed E-state index contributed by atoms with van der Waals surface area (Å²) in [7, 11) is 1.74. The number of hydrogen-bond donors (Lipinski definition) is 1. The summed E-state index contributed by atoms with van der Waals surface area (Å²) in [6.07, 6.45) is 3.24. The maximum atomic E-state index is 11.7. The van der Waals surface area contributed by atoms with E-state index in [0.29, 0.717) is 6.54 Å². The van der Waals surface area contributed by atoms with Crippen molar-refractivity contribution in [2.75, 3.05) is 7.05 Å².